The minimum Gasteiger partial charge on any atom is -0.496 e. The molecule has 1 aliphatic carbocycles. The summed E-state index contributed by atoms with van der Waals surface area (Å²) in [6, 6.07) is 3.34. The molecule has 0 fully saturated rings. The Morgan fingerprint density at radius 2 is 2.22 bits per heavy atom. The maximum atomic E-state index is 12.1. The van der Waals surface area contributed by atoms with Gasteiger partial charge in [-0.1, -0.05) is 11.6 Å². The average Bonchev–Trinajstić information content (AvgIpc) is 2.29. The monoisotopic (exact) mass is 268 g/mol. The first kappa shape index (κ1) is 12.9. The number of ether oxygens (including phenoxy) is 1. The van der Waals surface area contributed by atoms with E-state index in [4.69, 9.17) is 21.4 Å². The van der Waals surface area contributed by atoms with Gasteiger partial charge >= 0.3 is 5.97 Å². The zero-order chi connectivity index (χ0) is 13.3. The van der Waals surface area contributed by atoms with E-state index in [1.165, 1.54) is 7.11 Å². The van der Waals surface area contributed by atoms with E-state index in [0.717, 1.165) is 0 Å². The zero-order valence-electron chi connectivity index (χ0n) is 9.90. The predicted molar refractivity (Wildman–Crippen MR) is 66.4 cm³/mol. The van der Waals surface area contributed by atoms with Gasteiger partial charge < -0.3 is 9.84 Å². The third kappa shape index (κ3) is 2.34. The largest absolute Gasteiger partial charge is 0.496 e. The van der Waals surface area contributed by atoms with Gasteiger partial charge in [-0.2, -0.15) is 0 Å². The number of hydrogen-bond acceptors (Lipinski definition) is 3. The molecule has 1 N–H and O–H groups in total. The molecule has 1 atom stereocenters. The van der Waals surface area contributed by atoms with Crippen LogP contribution in [-0.2, 0) is 11.2 Å². The van der Waals surface area contributed by atoms with Gasteiger partial charge in [0.05, 0.1) is 12.7 Å². The Labute approximate surface area is 110 Å². The van der Waals surface area contributed by atoms with Gasteiger partial charge in [0.25, 0.3) is 0 Å². The second-order valence-electron chi connectivity index (χ2n) is 4.40. The molecule has 0 aliphatic heterocycles. The highest BCUT2D eigenvalue weighted by atomic mass is 35.5. The van der Waals surface area contributed by atoms with Gasteiger partial charge in [-0.25, -0.2) is 0 Å². The molecule has 4 nitrogen and oxygen atoms in total. The molecule has 0 amide bonds. The number of methoxy groups -OCH3 is 1. The van der Waals surface area contributed by atoms with Crippen LogP contribution >= 0.6 is 11.6 Å². The Kier molecular flexibility index (Phi) is 3.57. The van der Waals surface area contributed by atoms with Gasteiger partial charge in [0.15, 0.2) is 5.78 Å². The van der Waals surface area contributed by atoms with E-state index in [9.17, 15) is 9.59 Å². The summed E-state index contributed by atoms with van der Waals surface area (Å²) in [7, 11) is 1.50. The fourth-order valence-electron chi connectivity index (χ4n) is 2.39. The first-order valence-electron chi connectivity index (χ1n) is 5.63. The predicted octanol–water partition coefficient (Wildman–Crippen LogP) is 2.57. The molecule has 1 unspecified atom stereocenters. The van der Waals surface area contributed by atoms with Crippen LogP contribution in [0.2, 0.25) is 5.02 Å². The molecule has 1 aliphatic rings. The fraction of sp³-hybridized carbons (Fsp3) is 0.385. The molecule has 0 saturated carbocycles. The van der Waals surface area contributed by atoms with Crippen molar-refractivity contribution >= 4 is 23.4 Å². The summed E-state index contributed by atoms with van der Waals surface area (Å²) in [6.07, 6.45) is 0.720. The fourth-order valence-corrected chi connectivity index (χ4v) is 2.63. The zero-order valence-corrected chi connectivity index (χ0v) is 10.7. The van der Waals surface area contributed by atoms with Crippen molar-refractivity contribution in [1.82, 2.24) is 0 Å². The quantitative estimate of drug-likeness (QED) is 0.915. The van der Waals surface area contributed by atoms with Crippen molar-refractivity contribution in [3.63, 3.8) is 0 Å². The minimum absolute atomic E-state index is 0.0152. The van der Waals surface area contributed by atoms with Crippen molar-refractivity contribution in [3.05, 3.63) is 28.3 Å². The number of benzene rings is 1. The number of carboxylic acid groups (broad SMARTS) is 1. The highest BCUT2D eigenvalue weighted by Gasteiger charge is 2.30. The number of carbonyl (C=O) groups is 2. The number of carboxylic acids is 1. The summed E-state index contributed by atoms with van der Waals surface area (Å²) in [6.45, 7) is 0. The SMILES string of the molecule is COc1ccc(Cl)c2c1C(=O)CC(CC(=O)O)C2. The van der Waals surface area contributed by atoms with Gasteiger partial charge in [0.2, 0.25) is 0 Å². The van der Waals surface area contributed by atoms with Crippen molar-refractivity contribution in [3.8, 4) is 5.75 Å². The van der Waals surface area contributed by atoms with Crippen LogP contribution in [0.5, 0.6) is 5.75 Å². The normalized spacial score (nSPS) is 18.3. The lowest BCUT2D eigenvalue weighted by molar-refractivity contribution is -0.138. The van der Waals surface area contributed by atoms with E-state index in [1.54, 1.807) is 12.1 Å². The second-order valence-corrected chi connectivity index (χ2v) is 4.81. The molecule has 0 spiro atoms. The molecular weight excluding hydrogens is 256 g/mol. The molecule has 1 aromatic rings. The molecule has 0 radical (unpaired) electrons. The van der Waals surface area contributed by atoms with Crippen LogP contribution < -0.4 is 4.74 Å². The van der Waals surface area contributed by atoms with Gasteiger partial charge in [0, 0.05) is 17.9 Å². The number of halogens is 1. The molecule has 0 bridgehead atoms. The van der Waals surface area contributed by atoms with Gasteiger partial charge in [-0.3, -0.25) is 9.59 Å². The number of hydrogen-bond donors (Lipinski definition) is 1. The Bertz CT molecular complexity index is 510. The Balaban J connectivity index is 2.41. The first-order chi connectivity index (χ1) is 8.52. The van der Waals surface area contributed by atoms with Crippen molar-refractivity contribution in [2.45, 2.75) is 19.3 Å². The first-order valence-corrected chi connectivity index (χ1v) is 6.01. The smallest absolute Gasteiger partial charge is 0.303 e. The number of rotatable bonds is 3. The Hall–Kier alpha value is -1.55. The lowest BCUT2D eigenvalue weighted by Gasteiger charge is -2.24. The molecule has 0 saturated heterocycles. The lowest BCUT2D eigenvalue weighted by Crippen LogP contribution is -2.23. The van der Waals surface area contributed by atoms with E-state index < -0.39 is 5.97 Å². The summed E-state index contributed by atoms with van der Waals surface area (Å²) < 4.78 is 5.16. The van der Waals surface area contributed by atoms with E-state index in [-0.39, 0.29) is 24.5 Å². The molecular formula is C13H13ClO4. The van der Waals surface area contributed by atoms with Crippen LogP contribution in [-0.4, -0.2) is 24.0 Å². The summed E-state index contributed by atoms with van der Waals surface area (Å²) in [5, 5.41) is 9.30. The maximum Gasteiger partial charge on any atom is 0.303 e. The topological polar surface area (TPSA) is 63.6 Å². The number of Topliss-reactive ketones (excluding diaryl/α,β-unsaturated/α-hetero) is 1. The summed E-state index contributed by atoms with van der Waals surface area (Å²) in [5.41, 5.74) is 1.21. The lowest BCUT2D eigenvalue weighted by atomic mass is 9.81. The second kappa shape index (κ2) is 4.98. The standard InChI is InChI=1S/C13H13ClO4/c1-18-11-3-2-9(14)8-4-7(6-12(16)17)5-10(15)13(8)11/h2-3,7H,4-6H2,1H3,(H,16,17). The van der Waals surface area contributed by atoms with Crippen LogP contribution in [0.1, 0.15) is 28.8 Å². The number of carbonyl (C=O) groups excluding carboxylic acids is 1. The molecule has 1 aromatic carbocycles. The van der Waals surface area contributed by atoms with Crippen molar-refractivity contribution in [1.29, 1.82) is 0 Å². The van der Waals surface area contributed by atoms with Crippen LogP contribution in [0.4, 0.5) is 0 Å². The van der Waals surface area contributed by atoms with E-state index >= 15 is 0 Å². The van der Waals surface area contributed by atoms with Crippen molar-refractivity contribution < 1.29 is 19.4 Å². The molecule has 0 aromatic heterocycles. The van der Waals surface area contributed by atoms with E-state index in [1.807, 2.05) is 0 Å². The highest BCUT2D eigenvalue weighted by molar-refractivity contribution is 6.32. The average molecular weight is 269 g/mol. The molecule has 96 valence electrons. The van der Waals surface area contributed by atoms with Gasteiger partial charge in [-0.15, -0.1) is 0 Å². The van der Waals surface area contributed by atoms with Crippen LogP contribution in [0.15, 0.2) is 12.1 Å². The van der Waals surface area contributed by atoms with Crippen molar-refractivity contribution in [2.75, 3.05) is 7.11 Å². The van der Waals surface area contributed by atoms with Crippen LogP contribution in [0.3, 0.4) is 0 Å². The Morgan fingerprint density at radius 1 is 1.50 bits per heavy atom. The van der Waals surface area contributed by atoms with Crippen LogP contribution in [0.25, 0.3) is 0 Å². The summed E-state index contributed by atoms with van der Waals surface area (Å²) in [4.78, 5) is 22.8. The van der Waals surface area contributed by atoms with Gasteiger partial charge in [-0.05, 0) is 30.0 Å². The third-order valence-corrected chi connectivity index (χ3v) is 3.50. The highest BCUT2D eigenvalue weighted by Crippen LogP contribution is 2.37. The van der Waals surface area contributed by atoms with E-state index in [0.29, 0.717) is 28.3 Å². The summed E-state index contributed by atoms with van der Waals surface area (Å²) >= 11 is 6.08. The number of aliphatic carboxylic acids is 1. The van der Waals surface area contributed by atoms with E-state index in [2.05, 4.69) is 0 Å². The molecule has 5 heteroatoms. The molecule has 2 rings (SSSR count). The van der Waals surface area contributed by atoms with Crippen molar-refractivity contribution in [2.24, 2.45) is 5.92 Å². The maximum absolute atomic E-state index is 12.1. The summed E-state index contributed by atoms with van der Waals surface area (Å²) in [5.74, 6) is -0.669. The molecule has 18 heavy (non-hydrogen) atoms. The van der Waals surface area contributed by atoms with Crippen LogP contribution in [0, 0.1) is 5.92 Å². The molecule has 0 heterocycles. The number of ketones is 1. The number of fused-ring (bicyclic) bond motifs is 1. The minimum atomic E-state index is -0.893. The Morgan fingerprint density at radius 3 is 2.83 bits per heavy atom. The third-order valence-electron chi connectivity index (χ3n) is 3.15. The van der Waals surface area contributed by atoms with Gasteiger partial charge in [0.1, 0.15) is 5.75 Å².